The van der Waals surface area contributed by atoms with Crippen LogP contribution in [0.15, 0.2) is 55.1 Å². The number of benzene rings is 1. The van der Waals surface area contributed by atoms with Crippen molar-refractivity contribution >= 4 is 32.6 Å². The van der Waals surface area contributed by atoms with Crippen LogP contribution in [0.4, 0.5) is 5.13 Å². The molecule has 3 heterocycles. The molecule has 8 heteroatoms. The molecular weight excluding hydrogens is 374 g/mol. The number of carbonyl (C=O) groups excluding carboxylic acids is 1. The number of fused-ring (bicyclic) bond motifs is 1. The summed E-state index contributed by atoms with van der Waals surface area (Å²) < 4.78 is 8.25. The molecule has 4 aromatic rings. The highest BCUT2D eigenvalue weighted by atomic mass is 32.1. The van der Waals surface area contributed by atoms with Crippen LogP contribution >= 0.6 is 11.3 Å². The summed E-state index contributed by atoms with van der Waals surface area (Å²) in [5, 5.41) is 0.612. The first-order valence-electron chi connectivity index (χ1n) is 8.87. The second kappa shape index (κ2) is 7.77. The van der Waals surface area contributed by atoms with E-state index in [1.165, 1.54) is 11.3 Å². The summed E-state index contributed by atoms with van der Waals surface area (Å²) in [5.41, 5.74) is 1.74. The average Bonchev–Trinajstić information content (AvgIpc) is 3.32. The predicted molar refractivity (Wildman–Crippen MR) is 109 cm³/mol. The zero-order chi connectivity index (χ0) is 19.5. The Morgan fingerprint density at radius 1 is 1.29 bits per heavy atom. The summed E-state index contributed by atoms with van der Waals surface area (Å²) in [4.78, 5) is 27.9. The molecule has 0 spiro atoms. The third kappa shape index (κ3) is 3.59. The molecule has 0 N–H and O–H groups in total. The van der Waals surface area contributed by atoms with Gasteiger partial charge in [0.15, 0.2) is 11.0 Å². The fourth-order valence-corrected chi connectivity index (χ4v) is 3.85. The Balaban J connectivity index is 1.75. The van der Waals surface area contributed by atoms with Crippen molar-refractivity contribution in [1.82, 2.24) is 19.5 Å². The highest BCUT2D eigenvalue weighted by Gasteiger charge is 2.24. The minimum atomic E-state index is -0.208. The lowest BCUT2D eigenvalue weighted by molar-refractivity contribution is 0.0972. The third-order valence-electron chi connectivity index (χ3n) is 4.21. The van der Waals surface area contributed by atoms with Gasteiger partial charge in [-0.3, -0.25) is 14.7 Å². The normalized spacial score (nSPS) is 10.9. The van der Waals surface area contributed by atoms with Crippen LogP contribution in [0.1, 0.15) is 23.1 Å². The van der Waals surface area contributed by atoms with Gasteiger partial charge in [-0.25, -0.2) is 9.97 Å². The summed E-state index contributed by atoms with van der Waals surface area (Å²) in [6.45, 7) is 2.91. The number of amides is 1. The van der Waals surface area contributed by atoms with Crippen molar-refractivity contribution in [2.75, 3.05) is 11.5 Å². The number of hydrogen-bond donors (Lipinski definition) is 0. The van der Waals surface area contributed by atoms with Gasteiger partial charge in [-0.15, -0.1) is 0 Å². The summed E-state index contributed by atoms with van der Waals surface area (Å²) >= 11 is 1.45. The highest BCUT2D eigenvalue weighted by molar-refractivity contribution is 7.22. The fourth-order valence-electron chi connectivity index (χ4n) is 2.86. The molecule has 0 fully saturated rings. The Morgan fingerprint density at radius 2 is 2.18 bits per heavy atom. The number of pyridine rings is 1. The predicted octanol–water partition coefficient (Wildman–Crippen LogP) is 3.67. The molecule has 0 aliphatic rings. The van der Waals surface area contributed by atoms with Crippen LogP contribution in [0.5, 0.6) is 5.75 Å². The third-order valence-corrected chi connectivity index (χ3v) is 5.25. The van der Waals surface area contributed by atoms with Crippen molar-refractivity contribution < 1.29 is 9.53 Å². The van der Waals surface area contributed by atoms with E-state index in [1.54, 1.807) is 41.3 Å². The van der Waals surface area contributed by atoms with E-state index in [0.29, 0.717) is 24.1 Å². The number of ether oxygens (including phenoxy) is 1. The number of thiazole rings is 1. The largest absolute Gasteiger partial charge is 0.494 e. The Morgan fingerprint density at radius 3 is 2.89 bits per heavy atom. The number of rotatable bonds is 6. The molecule has 1 aromatic carbocycles. The molecule has 0 radical (unpaired) electrons. The van der Waals surface area contributed by atoms with E-state index in [0.717, 1.165) is 21.5 Å². The molecule has 0 saturated carbocycles. The molecule has 0 saturated heterocycles. The van der Waals surface area contributed by atoms with Gasteiger partial charge in [-0.2, -0.15) is 0 Å². The molecule has 0 bridgehead atoms. The molecule has 3 aromatic heterocycles. The molecule has 7 nitrogen and oxygen atoms in total. The topological polar surface area (TPSA) is 73.1 Å². The Bertz CT molecular complexity index is 1110. The van der Waals surface area contributed by atoms with Gasteiger partial charge in [-0.1, -0.05) is 17.4 Å². The summed E-state index contributed by atoms with van der Waals surface area (Å²) in [6.07, 6.45) is 6.82. The molecule has 1 amide bonds. The zero-order valence-electron chi connectivity index (χ0n) is 15.6. The lowest BCUT2D eigenvalue weighted by Crippen LogP contribution is -2.32. The first kappa shape index (κ1) is 18.1. The van der Waals surface area contributed by atoms with Crippen molar-refractivity contribution in [1.29, 1.82) is 0 Å². The Labute approximate surface area is 166 Å². The second-order valence-electron chi connectivity index (χ2n) is 6.17. The Hall–Kier alpha value is -3.26. The molecule has 4 rings (SSSR count). The fraction of sp³-hybridized carbons (Fsp3) is 0.200. The van der Waals surface area contributed by atoms with Crippen LogP contribution in [-0.2, 0) is 13.6 Å². The smallest absolute Gasteiger partial charge is 0.296 e. The first-order valence-corrected chi connectivity index (χ1v) is 9.69. The van der Waals surface area contributed by atoms with E-state index >= 15 is 0 Å². The van der Waals surface area contributed by atoms with Gasteiger partial charge in [0.2, 0.25) is 0 Å². The van der Waals surface area contributed by atoms with Gasteiger partial charge in [0.1, 0.15) is 5.75 Å². The first-order chi connectivity index (χ1) is 13.7. The summed E-state index contributed by atoms with van der Waals surface area (Å²) in [5.74, 6) is 0.943. The van der Waals surface area contributed by atoms with Crippen LogP contribution in [0.3, 0.4) is 0 Å². The number of anilines is 1. The van der Waals surface area contributed by atoms with Crippen LogP contribution in [0.2, 0.25) is 0 Å². The van der Waals surface area contributed by atoms with Crippen molar-refractivity contribution in [2.45, 2.75) is 13.5 Å². The lowest BCUT2D eigenvalue weighted by Gasteiger charge is -2.19. The van der Waals surface area contributed by atoms with Crippen LogP contribution < -0.4 is 9.64 Å². The number of nitrogens with zero attached hydrogens (tertiary/aromatic N) is 5. The highest BCUT2D eigenvalue weighted by Crippen LogP contribution is 2.33. The van der Waals surface area contributed by atoms with Crippen molar-refractivity contribution in [2.24, 2.45) is 7.05 Å². The molecule has 142 valence electrons. The number of carbonyl (C=O) groups is 1. The quantitative estimate of drug-likeness (QED) is 0.500. The summed E-state index contributed by atoms with van der Waals surface area (Å²) in [6, 6.07) is 9.54. The maximum atomic E-state index is 13.2. The molecule has 0 atom stereocenters. The van der Waals surface area contributed by atoms with Crippen molar-refractivity contribution in [3.63, 3.8) is 0 Å². The van der Waals surface area contributed by atoms with E-state index < -0.39 is 0 Å². The van der Waals surface area contributed by atoms with Gasteiger partial charge < -0.3 is 9.30 Å². The standard InChI is InChI=1S/C20H19N5O2S/c1-3-27-15-6-7-16-17(11-15)28-20(23-16)25(13-14-5-4-8-21-12-14)19(26)18-22-9-10-24(18)2/h4-12H,3,13H2,1-2H3. The molecule has 0 aliphatic carbocycles. The number of aryl methyl sites for hydroxylation is 1. The monoisotopic (exact) mass is 393 g/mol. The zero-order valence-corrected chi connectivity index (χ0v) is 16.4. The van der Waals surface area contributed by atoms with E-state index in [4.69, 9.17) is 4.74 Å². The SMILES string of the molecule is CCOc1ccc2nc(N(Cc3cccnc3)C(=O)c3nccn3C)sc2c1. The van der Waals surface area contributed by atoms with E-state index in [9.17, 15) is 4.79 Å². The second-order valence-corrected chi connectivity index (χ2v) is 7.18. The van der Waals surface area contributed by atoms with Gasteiger partial charge in [0, 0.05) is 31.8 Å². The number of imidazole rings is 1. The van der Waals surface area contributed by atoms with Gasteiger partial charge in [-0.05, 0) is 36.8 Å². The van der Waals surface area contributed by atoms with Crippen LogP contribution in [-0.4, -0.2) is 32.0 Å². The van der Waals surface area contributed by atoms with Crippen molar-refractivity contribution in [3.8, 4) is 5.75 Å². The van der Waals surface area contributed by atoms with Gasteiger partial charge in [0.25, 0.3) is 5.91 Å². The molecular formula is C20H19N5O2S. The van der Waals surface area contributed by atoms with Gasteiger partial charge in [0.05, 0.1) is 23.4 Å². The van der Waals surface area contributed by atoms with E-state index in [1.807, 2.05) is 37.3 Å². The molecule has 28 heavy (non-hydrogen) atoms. The molecule has 0 unspecified atom stereocenters. The van der Waals surface area contributed by atoms with Crippen LogP contribution in [0.25, 0.3) is 10.2 Å². The number of aromatic nitrogens is 4. The van der Waals surface area contributed by atoms with Gasteiger partial charge >= 0.3 is 0 Å². The average molecular weight is 393 g/mol. The Kier molecular flexibility index (Phi) is 5.03. The minimum absolute atomic E-state index is 0.208. The maximum absolute atomic E-state index is 13.2. The molecule has 0 aliphatic heterocycles. The maximum Gasteiger partial charge on any atom is 0.296 e. The van der Waals surface area contributed by atoms with E-state index in [2.05, 4.69) is 15.0 Å². The minimum Gasteiger partial charge on any atom is -0.494 e. The summed E-state index contributed by atoms with van der Waals surface area (Å²) in [7, 11) is 1.80. The van der Waals surface area contributed by atoms with E-state index in [-0.39, 0.29) is 5.91 Å². The van der Waals surface area contributed by atoms with Crippen molar-refractivity contribution in [3.05, 3.63) is 66.5 Å². The van der Waals surface area contributed by atoms with Crippen LogP contribution in [0, 0.1) is 0 Å². The lowest BCUT2D eigenvalue weighted by atomic mass is 10.2. The number of hydrogen-bond acceptors (Lipinski definition) is 6.